The van der Waals surface area contributed by atoms with Gasteiger partial charge in [0.25, 0.3) is 11.8 Å². The van der Waals surface area contributed by atoms with Crippen LogP contribution in [-0.4, -0.2) is 111 Å². The molecule has 258 valence electrons. The maximum Gasteiger partial charge on any atom is 0.352 e. The normalized spacial score (nSPS) is 17.4. The van der Waals surface area contributed by atoms with E-state index in [0.29, 0.717) is 21.8 Å². The number of anilines is 1. The van der Waals surface area contributed by atoms with Crippen LogP contribution in [0.25, 0.3) is 0 Å². The van der Waals surface area contributed by atoms with E-state index in [2.05, 4.69) is 50.7 Å². The van der Waals surface area contributed by atoms with Gasteiger partial charge in [-0.2, -0.15) is 4.73 Å². The molecule has 3 aromatic rings. The van der Waals surface area contributed by atoms with Crippen LogP contribution in [0.3, 0.4) is 0 Å². The number of carbonyl (C=O) groups excluding carboxylic acids is 2. The van der Waals surface area contributed by atoms with Crippen LogP contribution < -0.4 is 16.5 Å². The van der Waals surface area contributed by atoms with E-state index >= 15 is 0 Å². The maximum atomic E-state index is 13.2. The highest BCUT2D eigenvalue weighted by Gasteiger charge is 2.54. The fourth-order valence-electron chi connectivity index (χ4n) is 4.48. The molecule has 0 aliphatic carbocycles. The van der Waals surface area contributed by atoms with E-state index in [-0.39, 0.29) is 27.9 Å². The van der Waals surface area contributed by atoms with Crippen molar-refractivity contribution in [1.82, 2.24) is 34.4 Å². The molecule has 48 heavy (non-hydrogen) atoms. The second-order valence-electron chi connectivity index (χ2n) is 9.91. The van der Waals surface area contributed by atoms with Crippen LogP contribution in [0.1, 0.15) is 32.2 Å². The van der Waals surface area contributed by atoms with Crippen LogP contribution in [0.4, 0.5) is 5.13 Å². The molecule has 2 aliphatic rings. The summed E-state index contributed by atoms with van der Waals surface area (Å²) in [4.78, 5) is 62.8. The zero-order chi connectivity index (χ0) is 35.0. The van der Waals surface area contributed by atoms with Crippen molar-refractivity contribution in [3.05, 3.63) is 56.7 Å². The van der Waals surface area contributed by atoms with Crippen LogP contribution in [-0.2, 0) is 25.8 Å². The molecule has 17 nitrogen and oxygen atoms in total. The molecule has 2 aliphatic heterocycles. The lowest BCUT2D eigenvalue weighted by Crippen LogP contribution is -2.71. The average Bonchev–Trinajstić information content (AvgIpc) is 3.75. The maximum absolute atomic E-state index is 13.2. The summed E-state index contributed by atoms with van der Waals surface area (Å²) in [6, 6.07) is -0.135. The summed E-state index contributed by atoms with van der Waals surface area (Å²) in [7, 11) is 0. The van der Waals surface area contributed by atoms with Crippen molar-refractivity contribution in [3.63, 3.8) is 0 Å². The van der Waals surface area contributed by atoms with Crippen molar-refractivity contribution >= 4 is 75.0 Å². The topological polar surface area (TPSA) is 239 Å². The Balaban J connectivity index is 0.000000671. The molecule has 6 N–H and O–H groups in total. The van der Waals surface area contributed by atoms with E-state index in [1.165, 1.54) is 60.1 Å². The number of nitrogens with zero attached hydrogens (tertiary/aromatic N) is 7. The van der Waals surface area contributed by atoms with Gasteiger partial charge in [-0.15, -0.1) is 40.0 Å². The second kappa shape index (κ2) is 16.8. The minimum Gasteiger partial charge on any atom is -0.503 e. The van der Waals surface area contributed by atoms with Crippen LogP contribution >= 0.6 is 46.4 Å². The molecule has 1 saturated heterocycles. The number of carboxylic acid groups (broad SMARTS) is 1. The Morgan fingerprint density at radius 2 is 1.98 bits per heavy atom. The number of thioether (sulfide) groups is 2. The lowest BCUT2D eigenvalue weighted by atomic mass is 10.0. The number of hydrogen-bond donors (Lipinski definition) is 5. The van der Waals surface area contributed by atoms with Gasteiger partial charge < -0.3 is 36.2 Å². The van der Waals surface area contributed by atoms with Gasteiger partial charge in [0.05, 0.1) is 12.4 Å². The number of nitrogen functional groups attached to an aromatic ring is 1. The van der Waals surface area contributed by atoms with Crippen LogP contribution in [0.5, 0.6) is 5.75 Å². The van der Waals surface area contributed by atoms with E-state index in [4.69, 9.17) is 10.6 Å². The lowest BCUT2D eigenvalue weighted by Gasteiger charge is -2.49. The molecule has 0 bridgehead atoms. The number of oxime groups is 1. The molecular weight excluding hydrogens is 707 g/mol. The molecule has 5 rings (SSSR count). The van der Waals surface area contributed by atoms with E-state index in [0.717, 1.165) is 32.7 Å². The van der Waals surface area contributed by atoms with Crippen molar-refractivity contribution in [1.29, 1.82) is 0 Å². The molecule has 0 spiro atoms. The molecular formula is C27H33N9O8S4. The van der Waals surface area contributed by atoms with Gasteiger partial charge in [-0.25, -0.2) is 9.78 Å². The molecule has 3 aromatic heterocycles. The minimum atomic E-state index is -1.25. The number of carboxylic acids is 1. The van der Waals surface area contributed by atoms with Gasteiger partial charge in [0, 0.05) is 23.0 Å². The second-order valence-corrected chi connectivity index (χ2v) is 14.0. The van der Waals surface area contributed by atoms with Gasteiger partial charge in [0.1, 0.15) is 32.7 Å². The van der Waals surface area contributed by atoms with Crippen molar-refractivity contribution < 1.29 is 34.6 Å². The summed E-state index contributed by atoms with van der Waals surface area (Å²) in [6.07, 6.45) is 2.34. The zero-order valence-electron chi connectivity index (χ0n) is 25.9. The van der Waals surface area contributed by atoms with Gasteiger partial charge in [-0.3, -0.25) is 19.3 Å². The molecule has 2 atom stereocenters. The Bertz CT molecular complexity index is 1730. The summed E-state index contributed by atoms with van der Waals surface area (Å²) >= 11 is 4.88. The molecule has 0 unspecified atom stereocenters. The predicted molar refractivity (Wildman–Crippen MR) is 181 cm³/mol. The van der Waals surface area contributed by atoms with Crippen molar-refractivity contribution in [2.45, 2.75) is 43.0 Å². The first kappa shape index (κ1) is 36.7. The number of aromatic hydroxyl groups is 1. The SMILES string of the molecule is CCN(CC)CC.Nc1nc(/C(=N/OCc2cc(=O)c(O)cn2O)C(=O)N[C@@H]2C(=O)N3C(C(=O)O)=C(CSc4cnns4)CS[C@H]23)cs1. The number of thiazole rings is 1. The summed E-state index contributed by atoms with van der Waals surface area (Å²) in [5, 5.41) is 40.1. The fourth-order valence-corrected chi connectivity index (χ4v) is 7.94. The molecule has 0 aromatic carbocycles. The van der Waals surface area contributed by atoms with Crippen molar-refractivity contribution in [2.24, 2.45) is 5.16 Å². The first-order valence-corrected chi connectivity index (χ1v) is 18.1. The third-order valence-corrected chi connectivity index (χ3v) is 11.0. The molecule has 2 amide bonds. The smallest absolute Gasteiger partial charge is 0.352 e. The highest BCUT2D eigenvalue weighted by atomic mass is 32.2. The first-order valence-electron chi connectivity index (χ1n) is 14.4. The van der Waals surface area contributed by atoms with Crippen LogP contribution in [0, 0.1) is 0 Å². The lowest BCUT2D eigenvalue weighted by molar-refractivity contribution is -0.150. The summed E-state index contributed by atoms with van der Waals surface area (Å²) in [5.41, 5.74) is 4.98. The number of hydrogen-bond acceptors (Lipinski definition) is 17. The largest absolute Gasteiger partial charge is 0.503 e. The summed E-state index contributed by atoms with van der Waals surface area (Å²) in [5.74, 6) is -2.74. The van der Waals surface area contributed by atoms with Crippen LogP contribution in [0.2, 0.25) is 0 Å². The summed E-state index contributed by atoms with van der Waals surface area (Å²) in [6.45, 7) is 9.65. The third-order valence-electron chi connectivity index (χ3n) is 7.04. The highest BCUT2D eigenvalue weighted by Crippen LogP contribution is 2.41. The van der Waals surface area contributed by atoms with E-state index < -0.39 is 47.0 Å². The van der Waals surface area contributed by atoms with Crippen molar-refractivity contribution in [3.8, 4) is 5.75 Å². The molecule has 21 heteroatoms. The molecule has 5 heterocycles. The number of β-lactam (4-membered cyclic amide) rings is 1. The fraction of sp³-hybridized carbons (Fsp3) is 0.407. The Hall–Kier alpha value is -4.18. The standard InChI is InChI=1S/C21H18N8O8S4.C6H15N/c22-21-24-10(7-40-21)14(26-37-4-9-1-11(30)12(31)3-28(9)36)17(32)25-15-18(33)29-16(20(34)35)8(6-39-19(15)29)5-38-13-2-23-27-41-13;1-4-7(5-2)6-3/h1-3,7,15,19,31,36H,4-6H2,(H2,22,24)(H,25,32)(H,34,35);4-6H2,1-3H3/b26-14-;/t15-,19-;/m1./s1. The number of aromatic nitrogens is 4. The number of carbonyl (C=O) groups is 3. The van der Waals surface area contributed by atoms with Gasteiger partial charge in [0.15, 0.2) is 23.2 Å². The monoisotopic (exact) mass is 739 g/mol. The predicted octanol–water partition coefficient (Wildman–Crippen LogP) is 1.48. The number of amides is 2. The Labute approximate surface area is 290 Å². The number of rotatable bonds is 13. The quantitative estimate of drug-likeness (QED) is 0.0549. The van der Waals surface area contributed by atoms with Gasteiger partial charge in [-0.1, -0.05) is 30.4 Å². The first-order chi connectivity index (χ1) is 23.0. The molecule has 0 saturated carbocycles. The van der Waals surface area contributed by atoms with Gasteiger partial charge in [0.2, 0.25) is 5.43 Å². The molecule has 1 fully saturated rings. The highest BCUT2D eigenvalue weighted by molar-refractivity contribution is 8.01. The zero-order valence-corrected chi connectivity index (χ0v) is 29.2. The van der Waals surface area contributed by atoms with E-state index in [1.807, 2.05) is 0 Å². The number of nitrogens with one attached hydrogen (secondary N) is 1. The Morgan fingerprint density at radius 3 is 2.56 bits per heavy atom. The minimum absolute atomic E-state index is 0.0417. The number of pyridine rings is 1. The van der Waals surface area contributed by atoms with Gasteiger partial charge >= 0.3 is 5.97 Å². The van der Waals surface area contributed by atoms with E-state index in [1.54, 1.807) is 6.20 Å². The van der Waals surface area contributed by atoms with Crippen LogP contribution in [0.15, 0.2) is 49.3 Å². The number of fused-ring (bicyclic) bond motifs is 1. The van der Waals surface area contributed by atoms with Crippen molar-refractivity contribution in [2.75, 3.05) is 36.9 Å². The van der Waals surface area contributed by atoms with Gasteiger partial charge in [-0.05, 0) is 36.7 Å². The Morgan fingerprint density at radius 1 is 1.25 bits per heavy atom. The van der Waals surface area contributed by atoms with E-state index in [9.17, 15) is 34.6 Å². The number of aliphatic carboxylic acids is 1. The molecule has 0 radical (unpaired) electrons. The number of nitrogens with two attached hydrogens (primary N) is 1. The summed E-state index contributed by atoms with van der Waals surface area (Å²) < 4.78 is 5.04. The Kier molecular flexibility index (Phi) is 12.8. The third kappa shape index (κ3) is 8.64. The average molecular weight is 740 g/mol.